The summed E-state index contributed by atoms with van der Waals surface area (Å²) in [5.74, 6) is -1.66. The number of hydrogen-bond acceptors (Lipinski definition) is 10. The zero-order chi connectivity index (χ0) is 20.2. The van der Waals surface area contributed by atoms with Crippen LogP contribution in [0.3, 0.4) is 0 Å². The van der Waals surface area contributed by atoms with Gasteiger partial charge in [0.2, 0.25) is 11.8 Å². The minimum atomic E-state index is -0.639. The third-order valence-corrected chi connectivity index (χ3v) is 5.33. The van der Waals surface area contributed by atoms with E-state index in [1.165, 1.54) is 40.8 Å². The quantitative estimate of drug-likeness (QED) is 0.230. The van der Waals surface area contributed by atoms with Crippen molar-refractivity contribution in [1.29, 1.82) is 0 Å². The van der Waals surface area contributed by atoms with Crippen LogP contribution in [-0.4, -0.2) is 62.7 Å². The average Bonchev–Trinajstić information content (AvgIpc) is 2.94. The molecule has 0 saturated carbocycles. The van der Waals surface area contributed by atoms with Gasteiger partial charge in [0, 0.05) is 43.5 Å². The van der Waals surface area contributed by atoms with E-state index < -0.39 is 29.6 Å². The van der Waals surface area contributed by atoms with Gasteiger partial charge in [0.05, 0.1) is 12.8 Å². The number of carbonyl (C=O) groups is 4. The Kier molecular flexibility index (Phi) is 10.2. The minimum Gasteiger partial charge on any atom is -0.492 e. The van der Waals surface area contributed by atoms with Gasteiger partial charge >= 0.3 is 11.9 Å². The molecule has 0 spiro atoms. The first-order valence-corrected chi connectivity index (χ1v) is 10.3. The normalized spacial score (nSPS) is 10.3. The van der Waals surface area contributed by atoms with Crippen LogP contribution in [0.5, 0.6) is 11.8 Å². The third kappa shape index (κ3) is 8.73. The van der Waals surface area contributed by atoms with Crippen LogP contribution in [0.25, 0.3) is 0 Å². The number of rotatable bonds is 11. The SMILES string of the molecule is CN(OC(=O)CCSSCCC(=O)On1c(O)ccc1O)C(=O)CCC=O. The van der Waals surface area contributed by atoms with E-state index in [0.29, 0.717) is 22.5 Å². The summed E-state index contributed by atoms with van der Waals surface area (Å²) in [5, 5.41) is 19.5. The van der Waals surface area contributed by atoms with Crippen molar-refractivity contribution in [2.75, 3.05) is 18.6 Å². The lowest BCUT2D eigenvalue weighted by atomic mass is 10.3. The van der Waals surface area contributed by atoms with Crippen molar-refractivity contribution in [2.45, 2.75) is 25.7 Å². The van der Waals surface area contributed by atoms with Crippen LogP contribution >= 0.6 is 21.6 Å². The predicted molar refractivity (Wildman–Crippen MR) is 97.7 cm³/mol. The Bertz CT molecular complexity index is 645. The Labute approximate surface area is 163 Å². The fourth-order valence-electron chi connectivity index (χ4n) is 1.60. The first-order chi connectivity index (χ1) is 12.8. The summed E-state index contributed by atoms with van der Waals surface area (Å²) in [6, 6.07) is 2.36. The smallest absolute Gasteiger partial charge is 0.334 e. The lowest BCUT2D eigenvalue weighted by Gasteiger charge is -2.15. The van der Waals surface area contributed by atoms with E-state index in [2.05, 4.69) is 0 Å². The number of hydrogen-bond donors (Lipinski definition) is 2. The van der Waals surface area contributed by atoms with Gasteiger partial charge in [-0.25, -0.2) is 9.59 Å². The van der Waals surface area contributed by atoms with Crippen LogP contribution in [0.4, 0.5) is 0 Å². The van der Waals surface area contributed by atoms with Crippen molar-refractivity contribution in [3.63, 3.8) is 0 Å². The van der Waals surface area contributed by atoms with E-state index in [0.717, 1.165) is 5.06 Å². The van der Waals surface area contributed by atoms with Gasteiger partial charge in [0.1, 0.15) is 6.29 Å². The first-order valence-electron chi connectivity index (χ1n) is 7.81. The zero-order valence-electron chi connectivity index (χ0n) is 14.5. The monoisotopic (exact) mass is 420 g/mol. The molecule has 1 aromatic heterocycles. The minimum absolute atomic E-state index is 0.0213. The zero-order valence-corrected chi connectivity index (χ0v) is 16.2. The summed E-state index contributed by atoms with van der Waals surface area (Å²) in [7, 11) is 3.98. The van der Waals surface area contributed by atoms with Gasteiger partial charge in [0.15, 0.2) is 0 Å². The van der Waals surface area contributed by atoms with Gasteiger partial charge in [-0.1, -0.05) is 21.6 Å². The number of amides is 1. The molecule has 0 aromatic carbocycles. The highest BCUT2D eigenvalue weighted by Crippen LogP contribution is 2.23. The Balaban J connectivity index is 2.11. The van der Waals surface area contributed by atoms with Crippen molar-refractivity contribution in [1.82, 2.24) is 9.79 Å². The van der Waals surface area contributed by atoms with Gasteiger partial charge < -0.3 is 24.7 Å². The molecule has 0 fully saturated rings. The predicted octanol–water partition coefficient (Wildman–Crippen LogP) is 0.912. The van der Waals surface area contributed by atoms with Crippen molar-refractivity contribution in [2.24, 2.45) is 0 Å². The van der Waals surface area contributed by atoms with Crippen molar-refractivity contribution < 1.29 is 39.1 Å². The number of aldehydes is 1. The third-order valence-electron chi connectivity index (χ3n) is 2.92. The maximum atomic E-state index is 11.6. The lowest BCUT2D eigenvalue weighted by Crippen LogP contribution is -2.29. The molecule has 0 aliphatic rings. The maximum Gasteiger partial charge on any atom is 0.334 e. The summed E-state index contributed by atoms with van der Waals surface area (Å²) < 4.78 is 0.614. The molecule has 0 bridgehead atoms. The standard InChI is InChI=1S/C15H20N2O8S2/c1-16(11(19)3-2-8-18)24-14(22)6-9-26-27-10-7-15(23)25-17-12(20)4-5-13(17)21/h4-5,8,20-21H,2-3,6-7,9-10H2,1H3. The Morgan fingerprint density at radius 1 is 1.07 bits per heavy atom. The average molecular weight is 420 g/mol. The summed E-state index contributed by atoms with van der Waals surface area (Å²) in [4.78, 5) is 54.4. The lowest BCUT2D eigenvalue weighted by molar-refractivity contribution is -0.192. The molecule has 1 amide bonds. The molecule has 27 heavy (non-hydrogen) atoms. The van der Waals surface area contributed by atoms with E-state index in [-0.39, 0.29) is 25.7 Å². The van der Waals surface area contributed by atoms with E-state index in [9.17, 15) is 29.4 Å². The second-order valence-corrected chi connectivity index (χ2v) is 7.71. The second kappa shape index (κ2) is 12.1. The molecule has 1 aromatic rings. The number of aromatic hydroxyl groups is 2. The van der Waals surface area contributed by atoms with Gasteiger partial charge in [-0.2, -0.15) is 5.06 Å². The van der Waals surface area contributed by atoms with Crippen LogP contribution in [0.1, 0.15) is 25.7 Å². The van der Waals surface area contributed by atoms with Gasteiger partial charge in [-0.15, -0.1) is 4.73 Å². The highest BCUT2D eigenvalue weighted by Gasteiger charge is 2.14. The van der Waals surface area contributed by atoms with Crippen LogP contribution < -0.4 is 4.84 Å². The molecule has 2 N–H and O–H groups in total. The fourth-order valence-corrected chi connectivity index (χ4v) is 3.54. The summed E-state index contributed by atoms with van der Waals surface area (Å²) in [5.41, 5.74) is 0. The topological polar surface area (TPSA) is 135 Å². The van der Waals surface area contributed by atoms with E-state index in [4.69, 9.17) is 9.68 Å². The Hall–Kier alpha value is -2.34. The number of hydroxylamine groups is 2. The summed E-state index contributed by atoms with van der Waals surface area (Å²) in [6.07, 6.45) is 0.763. The molecule has 0 unspecified atom stereocenters. The van der Waals surface area contributed by atoms with Crippen LogP contribution in [0.15, 0.2) is 12.1 Å². The van der Waals surface area contributed by atoms with Gasteiger partial charge in [-0.05, 0) is 0 Å². The highest BCUT2D eigenvalue weighted by molar-refractivity contribution is 8.76. The molecule has 1 heterocycles. The van der Waals surface area contributed by atoms with E-state index in [1.807, 2.05) is 0 Å². The fraction of sp³-hybridized carbons (Fsp3) is 0.467. The van der Waals surface area contributed by atoms with Gasteiger partial charge in [0.25, 0.3) is 5.91 Å². The Morgan fingerprint density at radius 2 is 1.63 bits per heavy atom. The maximum absolute atomic E-state index is 11.6. The summed E-state index contributed by atoms with van der Waals surface area (Å²) in [6.45, 7) is 0. The first kappa shape index (κ1) is 22.7. The molecule has 0 saturated heterocycles. The van der Waals surface area contributed by atoms with Crippen LogP contribution in [-0.2, 0) is 24.0 Å². The van der Waals surface area contributed by atoms with Crippen molar-refractivity contribution in [3.05, 3.63) is 12.1 Å². The van der Waals surface area contributed by atoms with Crippen molar-refractivity contribution in [3.8, 4) is 11.8 Å². The van der Waals surface area contributed by atoms with Crippen molar-refractivity contribution >= 4 is 45.7 Å². The molecule has 0 radical (unpaired) electrons. The van der Waals surface area contributed by atoms with E-state index in [1.54, 1.807) is 0 Å². The molecule has 0 aliphatic carbocycles. The molecular weight excluding hydrogens is 400 g/mol. The molecule has 150 valence electrons. The second-order valence-electron chi connectivity index (χ2n) is 5.01. The van der Waals surface area contributed by atoms with Gasteiger partial charge in [-0.3, -0.25) is 4.79 Å². The van der Waals surface area contributed by atoms with E-state index >= 15 is 0 Å². The summed E-state index contributed by atoms with van der Waals surface area (Å²) >= 11 is 0. The highest BCUT2D eigenvalue weighted by atomic mass is 33.1. The molecule has 0 aliphatic heterocycles. The van der Waals surface area contributed by atoms with Crippen LogP contribution in [0.2, 0.25) is 0 Å². The largest absolute Gasteiger partial charge is 0.492 e. The molecule has 1 rings (SSSR count). The van der Waals surface area contributed by atoms with Crippen LogP contribution in [0, 0.1) is 0 Å². The number of carbonyl (C=O) groups excluding carboxylic acids is 4. The molecule has 0 atom stereocenters. The molecule has 12 heteroatoms. The molecular formula is C15H20N2O8S2. The Morgan fingerprint density at radius 3 is 2.19 bits per heavy atom. The number of nitrogens with zero attached hydrogens (tertiary/aromatic N) is 2. The molecule has 10 nitrogen and oxygen atoms in total. The number of aromatic nitrogens is 1.